The molecule has 0 aliphatic carbocycles. The van der Waals surface area contributed by atoms with Crippen LogP contribution in [0.3, 0.4) is 0 Å². The highest BCUT2D eigenvalue weighted by Crippen LogP contribution is 2.20. The second-order valence-corrected chi connectivity index (χ2v) is 4.83. The van der Waals surface area contributed by atoms with Gasteiger partial charge in [0.25, 0.3) is 0 Å². The van der Waals surface area contributed by atoms with E-state index in [0.717, 1.165) is 15.6 Å². The van der Waals surface area contributed by atoms with E-state index in [9.17, 15) is 5.26 Å². The average Bonchev–Trinajstić information content (AvgIpc) is 2.45. The van der Waals surface area contributed by atoms with Gasteiger partial charge in [-0.3, -0.25) is 0 Å². The van der Waals surface area contributed by atoms with Gasteiger partial charge in [-0.1, -0.05) is 40.2 Å². The summed E-state index contributed by atoms with van der Waals surface area (Å²) in [6, 6.07) is 19.0. The molecule has 90 valence electrons. The second kappa shape index (κ2) is 6.00. The van der Waals surface area contributed by atoms with Gasteiger partial charge in [0.15, 0.2) is 0 Å². The normalized spacial score (nSPS) is 10.6. The lowest BCUT2D eigenvalue weighted by Crippen LogP contribution is -1.83. The van der Waals surface area contributed by atoms with Gasteiger partial charge in [-0.25, -0.2) is 0 Å². The van der Waals surface area contributed by atoms with Crippen molar-refractivity contribution in [2.45, 2.75) is 0 Å². The van der Waals surface area contributed by atoms with Gasteiger partial charge < -0.3 is 0 Å². The fourth-order valence-corrected chi connectivity index (χ4v) is 2.08. The summed E-state index contributed by atoms with van der Waals surface area (Å²) in [6.07, 6.45) is 1.83. The number of rotatable bonds is 2. The topological polar surface area (TPSA) is 47.6 Å². The minimum Gasteiger partial charge on any atom is -0.192 e. The largest absolute Gasteiger partial charge is 0.192 e. The first-order valence-corrected chi connectivity index (χ1v) is 6.40. The van der Waals surface area contributed by atoms with Crippen molar-refractivity contribution in [2.24, 2.45) is 0 Å². The standard InChI is InChI=1S/C16H9BrN2/c17-16-3-1-2-13(9-16)8-15(11-19)14-6-4-12(10-18)5-7-14/h1-9H/b15-8+. The van der Waals surface area contributed by atoms with Crippen molar-refractivity contribution in [3.8, 4) is 12.1 Å². The zero-order chi connectivity index (χ0) is 13.7. The Morgan fingerprint density at radius 2 is 1.79 bits per heavy atom. The minimum atomic E-state index is 0.572. The highest BCUT2D eigenvalue weighted by Gasteiger charge is 2.01. The molecule has 2 rings (SSSR count). The van der Waals surface area contributed by atoms with Crippen LogP contribution in [-0.2, 0) is 0 Å². The van der Waals surface area contributed by atoms with Crippen molar-refractivity contribution in [3.63, 3.8) is 0 Å². The lowest BCUT2D eigenvalue weighted by Gasteiger charge is -2.00. The van der Waals surface area contributed by atoms with E-state index in [0.29, 0.717) is 11.1 Å². The van der Waals surface area contributed by atoms with Crippen molar-refractivity contribution in [1.29, 1.82) is 10.5 Å². The average molecular weight is 309 g/mol. The van der Waals surface area contributed by atoms with Crippen LogP contribution >= 0.6 is 15.9 Å². The third kappa shape index (κ3) is 3.31. The van der Waals surface area contributed by atoms with Crippen molar-refractivity contribution >= 4 is 27.6 Å². The quantitative estimate of drug-likeness (QED) is 0.610. The molecule has 0 atom stereocenters. The molecule has 0 aliphatic rings. The number of benzene rings is 2. The summed E-state index contributed by atoms with van der Waals surface area (Å²) in [6.45, 7) is 0. The summed E-state index contributed by atoms with van der Waals surface area (Å²) in [4.78, 5) is 0. The summed E-state index contributed by atoms with van der Waals surface area (Å²) in [5, 5.41) is 18.0. The van der Waals surface area contributed by atoms with E-state index in [-0.39, 0.29) is 0 Å². The molecule has 0 saturated carbocycles. The molecule has 0 bridgehead atoms. The Kier molecular flexibility index (Phi) is 4.13. The number of nitrogens with zero attached hydrogens (tertiary/aromatic N) is 2. The third-order valence-electron chi connectivity index (χ3n) is 2.61. The fraction of sp³-hybridized carbons (Fsp3) is 0. The van der Waals surface area contributed by atoms with Gasteiger partial charge in [0.1, 0.15) is 0 Å². The smallest absolute Gasteiger partial charge is 0.0998 e. The molecule has 2 aromatic rings. The molecule has 0 aromatic heterocycles. The van der Waals surface area contributed by atoms with Crippen LogP contribution in [0.2, 0.25) is 0 Å². The highest BCUT2D eigenvalue weighted by atomic mass is 79.9. The zero-order valence-electron chi connectivity index (χ0n) is 9.97. The van der Waals surface area contributed by atoms with E-state index in [2.05, 4.69) is 28.1 Å². The number of nitriles is 2. The molecule has 0 saturated heterocycles. The van der Waals surface area contributed by atoms with E-state index in [1.165, 1.54) is 0 Å². The van der Waals surface area contributed by atoms with E-state index in [4.69, 9.17) is 5.26 Å². The molecule has 0 unspecified atom stereocenters. The Balaban J connectivity index is 2.40. The lowest BCUT2D eigenvalue weighted by molar-refractivity contribution is 1.47. The Bertz CT molecular complexity index is 701. The molecule has 0 fully saturated rings. The number of allylic oxidation sites excluding steroid dienone is 1. The van der Waals surface area contributed by atoms with E-state index < -0.39 is 0 Å². The van der Waals surface area contributed by atoms with Gasteiger partial charge in [-0.15, -0.1) is 0 Å². The Labute approximate surface area is 120 Å². The van der Waals surface area contributed by atoms with Gasteiger partial charge >= 0.3 is 0 Å². The van der Waals surface area contributed by atoms with Gasteiger partial charge in [0.05, 0.1) is 23.3 Å². The van der Waals surface area contributed by atoms with E-state index in [1.54, 1.807) is 24.3 Å². The molecule has 0 N–H and O–H groups in total. The maximum atomic E-state index is 9.24. The summed E-state index contributed by atoms with van der Waals surface area (Å²) in [5.74, 6) is 0. The number of hydrogen-bond donors (Lipinski definition) is 0. The Morgan fingerprint density at radius 1 is 1.05 bits per heavy atom. The molecular formula is C16H9BrN2. The van der Waals surface area contributed by atoms with E-state index in [1.807, 2.05) is 30.3 Å². The molecule has 2 nitrogen and oxygen atoms in total. The predicted molar refractivity (Wildman–Crippen MR) is 78.8 cm³/mol. The molecular weight excluding hydrogens is 300 g/mol. The number of halogens is 1. The molecule has 0 heterocycles. The molecule has 0 amide bonds. The Morgan fingerprint density at radius 3 is 2.37 bits per heavy atom. The minimum absolute atomic E-state index is 0.572. The van der Waals surface area contributed by atoms with Crippen molar-refractivity contribution in [1.82, 2.24) is 0 Å². The SMILES string of the molecule is N#C/C(=C\c1cccc(Br)c1)c1ccc(C#N)cc1. The van der Waals surface area contributed by atoms with E-state index >= 15 is 0 Å². The van der Waals surface area contributed by atoms with Crippen molar-refractivity contribution in [2.75, 3.05) is 0 Å². The molecule has 0 radical (unpaired) electrons. The van der Waals surface area contributed by atoms with Crippen LogP contribution in [0.5, 0.6) is 0 Å². The van der Waals surface area contributed by atoms with Gasteiger partial charge in [0, 0.05) is 4.47 Å². The molecule has 0 spiro atoms. The molecule has 19 heavy (non-hydrogen) atoms. The molecule has 3 heteroatoms. The van der Waals surface area contributed by atoms with Gasteiger partial charge in [-0.2, -0.15) is 10.5 Å². The summed E-state index contributed by atoms with van der Waals surface area (Å²) in [7, 11) is 0. The highest BCUT2D eigenvalue weighted by molar-refractivity contribution is 9.10. The van der Waals surface area contributed by atoms with Crippen LogP contribution in [0.1, 0.15) is 16.7 Å². The van der Waals surface area contributed by atoms with Crippen LogP contribution in [0.15, 0.2) is 53.0 Å². The molecule has 0 aliphatic heterocycles. The summed E-state index contributed by atoms with van der Waals surface area (Å²) in [5.41, 5.74) is 2.92. The van der Waals surface area contributed by atoms with Crippen LogP contribution in [-0.4, -0.2) is 0 Å². The van der Waals surface area contributed by atoms with Crippen LogP contribution in [0, 0.1) is 22.7 Å². The van der Waals surface area contributed by atoms with Crippen LogP contribution in [0.4, 0.5) is 0 Å². The lowest BCUT2D eigenvalue weighted by atomic mass is 10.0. The third-order valence-corrected chi connectivity index (χ3v) is 3.10. The fourth-order valence-electron chi connectivity index (χ4n) is 1.67. The van der Waals surface area contributed by atoms with Crippen molar-refractivity contribution in [3.05, 3.63) is 69.7 Å². The van der Waals surface area contributed by atoms with Crippen molar-refractivity contribution < 1.29 is 0 Å². The zero-order valence-corrected chi connectivity index (χ0v) is 11.6. The second-order valence-electron chi connectivity index (χ2n) is 3.91. The number of hydrogen-bond acceptors (Lipinski definition) is 2. The maximum Gasteiger partial charge on any atom is 0.0998 e. The summed E-state index contributed by atoms with van der Waals surface area (Å²) < 4.78 is 0.971. The predicted octanol–water partition coefficient (Wildman–Crippen LogP) is 4.38. The first kappa shape index (κ1) is 13.1. The first-order chi connectivity index (χ1) is 9.22. The maximum absolute atomic E-state index is 9.24. The monoisotopic (exact) mass is 308 g/mol. The van der Waals surface area contributed by atoms with Gasteiger partial charge in [0.2, 0.25) is 0 Å². The van der Waals surface area contributed by atoms with Crippen LogP contribution in [0.25, 0.3) is 11.6 Å². The molecule has 2 aromatic carbocycles. The van der Waals surface area contributed by atoms with Crippen LogP contribution < -0.4 is 0 Å². The first-order valence-electron chi connectivity index (χ1n) is 5.61. The summed E-state index contributed by atoms with van der Waals surface area (Å²) >= 11 is 3.40. The Hall–Kier alpha value is -2.36. The van der Waals surface area contributed by atoms with Gasteiger partial charge in [-0.05, 0) is 41.5 Å².